The predicted octanol–water partition coefficient (Wildman–Crippen LogP) is 6.15. The van der Waals surface area contributed by atoms with Crippen LogP contribution in [0.2, 0.25) is 10.0 Å². The third-order valence-corrected chi connectivity index (χ3v) is 6.97. The second kappa shape index (κ2) is 9.29. The lowest BCUT2D eigenvalue weighted by molar-refractivity contribution is -0.122. The molecule has 0 unspecified atom stereocenters. The molecule has 0 aliphatic carbocycles. The molecular weight excluding hydrogens is 483 g/mol. The van der Waals surface area contributed by atoms with Gasteiger partial charge >= 0.3 is 0 Å². The molecule has 0 saturated heterocycles. The van der Waals surface area contributed by atoms with Crippen LogP contribution in [0.25, 0.3) is 0 Å². The highest BCUT2D eigenvalue weighted by Gasteiger charge is 2.50. The molecule has 2 atom stereocenters. The summed E-state index contributed by atoms with van der Waals surface area (Å²) >= 11 is 12.8. The van der Waals surface area contributed by atoms with Gasteiger partial charge in [-0.3, -0.25) is 9.59 Å². The number of anilines is 2. The van der Waals surface area contributed by atoms with Crippen molar-refractivity contribution in [3.05, 3.63) is 94.5 Å². The maximum absolute atomic E-state index is 13.8. The molecule has 0 radical (unpaired) electrons. The number of carbonyl (C=O) groups excluding carboxylic acids is 2. The number of benzene rings is 3. The van der Waals surface area contributed by atoms with Gasteiger partial charge in [0.25, 0.3) is 11.8 Å². The van der Waals surface area contributed by atoms with Crippen LogP contribution in [0.15, 0.2) is 89.1 Å². The predicted molar refractivity (Wildman–Crippen MR) is 140 cm³/mol. The summed E-state index contributed by atoms with van der Waals surface area (Å²) in [6.45, 7) is 3.62. The van der Waals surface area contributed by atoms with Gasteiger partial charge in [-0.25, -0.2) is 10.0 Å². The van der Waals surface area contributed by atoms with E-state index in [4.69, 9.17) is 23.2 Å². The molecule has 0 bridgehead atoms. The first-order valence-electron chi connectivity index (χ1n) is 11.2. The van der Waals surface area contributed by atoms with Gasteiger partial charge < -0.3 is 0 Å². The highest BCUT2D eigenvalue weighted by molar-refractivity contribution is 6.35. The lowest BCUT2D eigenvalue weighted by Gasteiger charge is -2.29. The summed E-state index contributed by atoms with van der Waals surface area (Å²) in [7, 11) is 0. The Hall–Kier alpha value is -3.48. The third kappa shape index (κ3) is 4.13. The Morgan fingerprint density at radius 2 is 1.17 bits per heavy atom. The number of halogens is 2. The molecule has 6 nitrogen and oxygen atoms in total. The van der Waals surface area contributed by atoms with E-state index in [9.17, 15) is 9.59 Å². The first kappa shape index (κ1) is 23.3. The smallest absolute Gasteiger partial charge is 0.256 e. The highest BCUT2D eigenvalue weighted by Crippen LogP contribution is 2.45. The van der Waals surface area contributed by atoms with Crippen LogP contribution in [0.1, 0.15) is 25.3 Å². The van der Waals surface area contributed by atoms with Gasteiger partial charge in [-0.2, -0.15) is 10.2 Å². The number of nitrogens with zero attached hydrogens (tertiary/aromatic N) is 4. The van der Waals surface area contributed by atoms with E-state index in [0.29, 0.717) is 38.4 Å². The van der Waals surface area contributed by atoms with Crippen molar-refractivity contribution in [2.24, 2.45) is 22.0 Å². The molecule has 3 aromatic rings. The zero-order valence-electron chi connectivity index (χ0n) is 19.1. The number of rotatable bonds is 5. The second-order valence-corrected chi connectivity index (χ2v) is 9.44. The normalized spacial score (nSPS) is 20.0. The van der Waals surface area contributed by atoms with Crippen molar-refractivity contribution < 1.29 is 9.59 Å². The maximum atomic E-state index is 13.8. The molecule has 2 aliphatic heterocycles. The Kier molecular flexibility index (Phi) is 6.17. The molecule has 2 heterocycles. The summed E-state index contributed by atoms with van der Waals surface area (Å²) in [6.07, 6.45) is 0. The minimum absolute atomic E-state index is 0.219. The molecule has 2 amide bonds. The maximum Gasteiger partial charge on any atom is 0.256 e. The molecule has 0 spiro atoms. The van der Waals surface area contributed by atoms with Crippen molar-refractivity contribution in [2.75, 3.05) is 10.0 Å². The molecule has 0 fully saturated rings. The Bertz CT molecular complexity index is 1280. The molecule has 3 aromatic carbocycles. The second-order valence-electron chi connectivity index (χ2n) is 8.60. The van der Waals surface area contributed by atoms with Gasteiger partial charge in [-0.1, -0.05) is 65.7 Å². The minimum Gasteiger partial charge on any atom is -0.272 e. The average Bonchev–Trinajstić information content (AvgIpc) is 3.32. The number of para-hydroxylation sites is 2. The van der Waals surface area contributed by atoms with Crippen molar-refractivity contribution in [3.63, 3.8) is 0 Å². The topological polar surface area (TPSA) is 65.3 Å². The van der Waals surface area contributed by atoms with Gasteiger partial charge in [0, 0.05) is 27.4 Å². The van der Waals surface area contributed by atoms with E-state index < -0.39 is 17.8 Å². The van der Waals surface area contributed by atoms with Crippen LogP contribution in [0, 0.1) is 11.8 Å². The van der Waals surface area contributed by atoms with Gasteiger partial charge in [-0.05, 0) is 55.8 Å². The van der Waals surface area contributed by atoms with Crippen LogP contribution in [-0.2, 0) is 9.59 Å². The molecule has 35 heavy (non-hydrogen) atoms. The van der Waals surface area contributed by atoms with Gasteiger partial charge in [0.1, 0.15) is 0 Å². The summed E-state index contributed by atoms with van der Waals surface area (Å²) in [5, 5.41) is 12.8. The summed E-state index contributed by atoms with van der Waals surface area (Å²) in [5.74, 6) is -2.46. The highest BCUT2D eigenvalue weighted by atomic mass is 35.5. The van der Waals surface area contributed by atoms with Crippen LogP contribution in [0.5, 0.6) is 0 Å². The quantitative estimate of drug-likeness (QED) is 0.417. The number of hydrogen-bond acceptors (Lipinski definition) is 4. The molecule has 0 saturated carbocycles. The van der Waals surface area contributed by atoms with Crippen LogP contribution in [0.4, 0.5) is 11.4 Å². The van der Waals surface area contributed by atoms with Crippen LogP contribution in [-0.4, -0.2) is 23.2 Å². The first-order valence-corrected chi connectivity index (χ1v) is 12.0. The zero-order chi connectivity index (χ0) is 24.7. The fraction of sp³-hybridized carbons (Fsp3) is 0.185. The minimum atomic E-state index is -0.705. The molecule has 2 aliphatic rings. The van der Waals surface area contributed by atoms with E-state index in [0.717, 1.165) is 0 Å². The lowest BCUT2D eigenvalue weighted by atomic mass is 9.73. The van der Waals surface area contributed by atoms with E-state index in [1.165, 1.54) is 10.0 Å². The fourth-order valence-corrected chi connectivity index (χ4v) is 5.35. The first-order chi connectivity index (χ1) is 16.9. The zero-order valence-corrected chi connectivity index (χ0v) is 20.6. The number of carbonyl (C=O) groups is 2. The van der Waals surface area contributed by atoms with Crippen LogP contribution in [0.3, 0.4) is 0 Å². The van der Waals surface area contributed by atoms with E-state index >= 15 is 0 Å². The average molecular weight is 505 g/mol. The number of hydrazone groups is 2. The Morgan fingerprint density at radius 3 is 1.60 bits per heavy atom. The van der Waals surface area contributed by atoms with E-state index in [-0.39, 0.29) is 11.8 Å². The van der Waals surface area contributed by atoms with Crippen LogP contribution >= 0.6 is 23.2 Å². The molecule has 0 N–H and O–H groups in total. The SMILES string of the molecule is CC1=NN(c2ccccc2)C(=O)[C@@H]1C(c1ccc(Cl)cc1Cl)[C@H]1C(=O)N(c2ccccc2)N=C1C. The van der Waals surface area contributed by atoms with Crippen molar-refractivity contribution in [1.29, 1.82) is 0 Å². The summed E-state index contributed by atoms with van der Waals surface area (Å²) in [6, 6.07) is 23.6. The third-order valence-electron chi connectivity index (χ3n) is 6.41. The Morgan fingerprint density at radius 1 is 0.714 bits per heavy atom. The van der Waals surface area contributed by atoms with Crippen molar-refractivity contribution in [2.45, 2.75) is 19.8 Å². The number of amides is 2. The van der Waals surface area contributed by atoms with Gasteiger partial charge in [-0.15, -0.1) is 0 Å². The van der Waals surface area contributed by atoms with E-state index in [1.807, 2.05) is 74.5 Å². The Labute approximate surface area is 213 Å². The van der Waals surface area contributed by atoms with Crippen molar-refractivity contribution in [3.8, 4) is 0 Å². The molecule has 8 heteroatoms. The van der Waals surface area contributed by atoms with Gasteiger partial charge in [0.05, 0.1) is 23.2 Å². The summed E-state index contributed by atoms with van der Waals surface area (Å²) in [5.41, 5.74) is 3.19. The van der Waals surface area contributed by atoms with E-state index in [1.54, 1.807) is 18.2 Å². The van der Waals surface area contributed by atoms with Crippen LogP contribution < -0.4 is 10.0 Å². The molecule has 5 rings (SSSR count). The van der Waals surface area contributed by atoms with Gasteiger partial charge in [0.15, 0.2) is 0 Å². The van der Waals surface area contributed by atoms with E-state index in [2.05, 4.69) is 10.2 Å². The molecule has 0 aromatic heterocycles. The monoisotopic (exact) mass is 504 g/mol. The largest absolute Gasteiger partial charge is 0.272 e. The number of hydrogen-bond donors (Lipinski definition) is 0. The summed E-state index contributed by atoms with van der Waals surface area (Å²) < 4.78 is 0. The summed E-state index contributed by atoms with van der Waals surface area (Å²) in [4.78, 5) is 27.6. The molecular formula is C27H22Cl2N4O2. The molecule has 176 valence electrons. The van der Waals surface area contributed by atoms with Crippen molar-refractivity contribution in [1.82, 2.24) is 0 Å². The Balaban J connectivity index is 1.60. The lowest BCUT2D eigenvalue weighted by Crippen LogP contribution is -2.40. The standard InChI is InChI=1S/C27H22Cl2N4O2/c1-16-23(26(34)32(30-16)19-9-5-3-6-10-19)25(21-14-13-18(28)15-22(21)29)24-17(2)31-33(27(24)35)20-11-7-4-8-12-20/h3-15,23-25H,1-2H3/t23-,24-/m0/s1. The van der Waals surface area contributed by atoms with Crippen molar-refractivity contribution >= 4 is 57.8 Å². The van der Waals surface area contributed by atoms with Gasteiger partial charge in [0.2, 0.25) is 0 Å². The fourth-order valence-electron chi connectivity index (χ4n) is 4.82.